The summed E-state index contributed by atoms with van der Waals surface area (Å²) in [7, 11) is 0. The van der Waals surface area contributed by atoms with Crippen molar-refractivity contribution in [2.24, 2.45) is 5.41 Å². The van der Waals surface area contributed by atoms with Gasteiger partial charge in [0.05, 0.1) is 11.1 Å². The molecule has 20 heavy (non-hydrogen) atoms. The van der Waals surface area contributed by atoms with Gasteiger partial charge in [-0.15, -0.1) is 0 Å². The molecule has 0 atom stereocenters. The molecule has 4 nitrogen and oxygen atoms in total. The smallest absolute Gasteiger partial charge is 0.337 e. The zero-order chi connectivity index (χ0) is 14.5. The summed E-state index contributed by atoms with van der Waals surface area (Å²) >= 11 is 0. The third-order valence-corrected chi connectivity index (χ3v) is 4.20. The molecule has 1 aromatic heterocycles. The molecule has 3 rings (SSSR count). The van der Waals surface area contributed by atoms with Gasteiger partial charge in [0.15, 0.2) is 0 Å². The summed E-state index contributed by atoms with van der Waals surface area (Å²) in [5.41, 5.74) is 2.22. The standard InChI is InChI=1S/C16H20N2O2/c1-10(2)14-17-13-11(15(19)20)5-4-6-12(13)18(14)9-16(3)7-8-16/h4-6,10H,7-9H2,1-3H3,(H,19,20). The third-order valence-electron chi connectivity index (χ3n) is 4.20. The van der Waals surface area contributed by atoms with Crippen LogP contribution >= 0.6 is 0 Å². The lowest BCUT2D eigenvalue weighted by Crippen LogP contribution is -2.12. The van der Waals surface area contributed by atoms with Crippen LogP contribution in [0.3, 0.4) is 0 Å². The molecule has 0 spiro atoms. The van der Waals surface area contributed by atoms with E-state index in [1.807, 2.05) is 12.1 Å². The number of hydrogen-bond acceptors (Lipinski definition) is 2. The maximum absolute atomic E-state index is 11.4. The molecular weight excluding hydrogens is 252 g/mol. The fourth-order valence-corrected chi connectivity index (χ4v) is 2.70. The number of carboxylic acids is 1. The van der Waals surface area contributed by atoms with Gasteiger partial charge in [-0.3, -0.25) is 0 Å². The second-order valence-electron chi connectivity index (χ2n) is 6.50. The lowest BCUT2D eigenvalue weighted by Gasteiger charge is -2.15. The average Bonchev–Trinajstić information content (AvgIpc) is 2.98. The lowest BCUT2D eigenvalue weighted by atomic mass is 10.1. The molecule has 1 saturated carbocycles. The van der Waals surface area contributed by atoms with Gasteiger partial charge in [0.2, 0.25) is 0 Å². The number of para-hydroxylation sites is 1. The monoisotopic (exact) mass is 272 g/mol. The van der Waals surface area contributed by atoms with E-state index in [1.54, 1.807) is 6.07 Å². The number of fused-ring (bicyclic) bond motifs is 1. The van der Waals surface area contributed by atoms with E-state index in [0.717, 1.165) is 17.9 Å². The predicted molar refractivity (Wildman–Crippen MR) is 78.1 cm³/mol. The number of benzene rings is 1. The molecule has 0 amide bonds. The second-order valence-corrected chi connectivity index (χ2v) is 6.50. The second kappa shape index (κ2) is 4.33. The number of carboxylic acid groups (broad SMARTS) is 1. The Morgan fingerprint density at radius 2 is 2.15 bits per heavy atom. The number of aromatic carboxylic acids is 1. The fraction of sp³-hybridized carbons (Fsp3) is 0.500. The molecule has 0 saturated heterocycles. The summed E-state index contributed by atoms with van der Waals surface area (Å²) in [5, 5.41) is 9.32. The van der Waals surface area contributed by atoms with Crippen molar-refractivity contribution in [3.8, 4) is 0 Å². The minimum Gasteiger partial charge on any atom is -0.478 e. The van der Waals surface area contributed by atoms with Crippen LogP contribution < -0.4 is 0 Å². The Hall–Kier alpha value is -1.84. The molecule has 1 aliphatic carbocycles. The SMILES string of the molecule is CC(C)c1nc2c(C(=O)O)cccc2n1CC1(C)CC1. The predicted octanol–water partition coefficient (Wildman–Crippen LogP) is 3.66. The van der Waals surface area contributed by atoms with E-state index < -0.39 is 5.97 Å². The Kier molecular flexibility index (Phi) is 2.85. The van der Waals surface area contributed by atoms with E-state index in [4.69, 9.17) is 0 Å². The summed E-state index contributed by atoms with van der Waals surface area (Å²) in [4.78, 5) is 16.0. The number of rotatable bonds is 4. The molecule has 0 radical (unpaired) electrons. The van der Waals surface area contributed by atoms with Gasteiger partial charge in [0.1, 0.15) is 11.3 Å². The minimum atomic E-state index is -0.909. The van der Waals surface area contributed by atoms with Crippen molar-refractivity contribution in [1.29, 1.82) is 0 Å². The molecule has 2 aromatic rings. The van der Waals surface area contributed by atoms with Crippen LogP contribution in [0.2, 0.25) is 0 Å². The summed E-state index contributed by atoms with van der Waals surface area (Å²) in [5.74, 6) is 0.362. The van der Waals surface area contributed by atoms with Crippen LogP contribution in [0.4, 0.5) is 0 Å². The van der Waals surface area contributed by atoms with Crippen LogP contribution in [0.1, 0.15) is 55.7 Å². The fourth-order valence-electron chi connectivity index (χ4n) is 2.70. The Bertz CT molecular complexity index is 681. The van der Waals surface area contributed by atoms with E-state index in [-0.39, 0.29) is 5.92 Å². The highest BCUT2D eigenvalue weighted by Gasteiger charge is 2.38. The van der Waals surface area contributed by atoms with Crippen LogP contribution in [0, 0.1) is 5.41 Å². The summed E-state index contributed by atoms with van der Waals surface area (Å²) in [6.07, 6.45) is 2.48. The Labute approximate surface area is 118 Å². The number of imidazole rings is 1. The van der Waals surface area contributed by atoms with Gasteiger partial charge in [0.25, 0.3) is 0 Å². The van der Waals surface area contributed by atoms with Crippen molar-refractivity contribution in [1.82, 2.24) is 9.55 Å². The number of nitrogens with zero attached hydrogens (tertiary/aromatic N) is 2. The van der Waals surface area contributed by atoms with Crippen molar-refractivity contribution in [2.75, 3.05) is 0 Å². The van der Waals surface area contributed by atoms with E-state index >= 15 is 0 Å². The summed E-state index contributed by atoms with van der Waals surface area (Å²) in [6.45, 7) is 7.42. The lowest BCUT2D eigenvalue weighted by molar-refractivity contribution is 0.0699. The van der Waals surface area contributed by atoms with Gasteiger partial charge in [-0.05, 0) is 30.4 Å². The molecule has 0 unspecified atom stereocenters. The maximum atomic E-state index is 11.4. The van der Waals surface area contributed by atoms with Crippen molar-refractivity contribution in [2.45, 2.75) is 46.1 Å². The quantitative estimate of drug-likeness (QED) is 0.924. The highest BCUT2D eigenvalue weighted by atomic mass is 16.4. The van der Waals surface area contributed by atoms with Gasteiger partial charge in [-0.2, -0.15) is 0 Å². The number of hydrogen-bond donors (Lipinski definition) is 1. The largest absolute Gasteiger partial charge is 0.478 e. The van der Waals surface area contributed by atoms with Crippen LogP contribution in [0.5, 0.6) is 0 Å². The van der Waals surface area contributed by atoms with Gasteiger partial charge in [0, 0.05) is 12.5 Å². The van der Waals surface area contributed by atoms with Crippen molar-refractivity contribution < 1.29 is 9.90 Å². The maximum Gasteiger partial charge on any atom is 0.337 e. The van der Waals surface area contributed by atoms with E-state index in [0.29, 0.717) is 16.5 Å². The summed E-state index contributed by atoms with van der Waals surface area (Å²) < 4.78 is 2.22. The first kappa shape index (κ1) is 13.2. The molecule has 1 N–H and O–H groups in total. The highest BCUT2D eigenvalue weighted by molar-refractivity contribution is 6.01. The molecule has 1 aromatic carbocycles. The topological polar surface area (TPSA) is 55.1 Å². The molecule has 1 fully saturated rings. The number of aromatic nitrogens is 2. The van der Waals surface area contributed by atoms with Crippen LogP contribution in [-0.4, -0.2) is 20.6 Å². The first-order chi connectivity index (χ1) is 9.41. The molecule has 1 heterocycles. The van der Waals surface area contributed by atoms with Crippen molar-refractivity contribution >= 4 is 17.0 Å². The first-order valence-corrected chi connectivity index (χ1v) is 7.14. The Morgan fingerprint density at radius 3 is 2.70 bits per heavy atom. The normalized spacial score (nSPS) is 16.8. The molecule has 0 bridgehead atoms. The zero-order valence-corrected chi connectivity index (χ0v) is 12.2. The van der Waals surface area contributed by atoms with E-state index in [9.17, 15) is 9.90 Å². The van der Waals surface area contributed by atoms with E-state index in [1.165, 1.54) is 12.8 Å². The Morgan fingerprint density at radius 1 is 1.45 bits per heavy atom. The third kappa shape index (κ3) is 2.09. The minimum absolute atomic E-state index is 0.284. The molecule has 0 aliphatic heterocycles. The van der Waals surface area contributed by atoms with Crippen molar-refractivity contribution in [3.63, 3.8) is 0 Å². The van der Waals surface area contributed by atoms with Crippen LogP contribution in [0.25, 0.3) is 11.0 Å². The number of carbonyl (C=O) groups is 1. The van der Waals surface area contributed by atoms with Gasteiger partial charge < -0.3 is 9.67 Å². The Balaban J connectivity index is 2.22. The highest BCUT2D eigenvalue weighted by Crippen LogP contribution is 2.47. The van der Waals surface area contributed by atoms with Gasteiger partial charge in [-0.1, -0.05) is 26.8 Å². The first-order valence-electron chi connectivity index (χ1n) is 7.14. The average molecular weight is 272 g/mol. The zero-order valence-electron chi connectivity index (χ0n) is 12.2. The van der Waals surface area contributed by atoms with Crippen LogP contribution in [-0.2, 0) is 6.54 Å². The molecule has 4 heteroatoms. The van der Waals surface area contributed by atoms with Crippen LogP contribution in [0.15, 0.2) is 18.2 Å². The molecule has 1 aliphatic rings. The van der Waals surface area contributed by atoms with E-state index in [2.05, 4.69) is 30.3 Å². The van der Waals surface area contributed by atoms with Crippen molar-refractivity contribution in [3.05, 3.63) is 29.6 Å². The molecule has 106 valence electrons. The van der Waals surface area contributed by atoms with Gasteiger partial charge >= 0.3 is 5.97 Å². The molecular formula is C16H20N2O2. The summed E-state index contributed by atoms with van der Waals surface area (Å²) in [6, 6.07) is 5.42. The van der Waals surface area contributed by atoms with Gasteiger partial charge in [-0.25, -0.2) is 9.78 Å².